The zero-order valence-electron chi connectivity index (χ0n) is 14.3. The van der Waals surface area contributed by atoms with E-state index in [1.165, 1.54) is 11.1 Å². The lowest BCUT2D eigenvalue weighted by atomic mass is 9.93. The molecule has 1 aliphatic carbocycles. The highest BCUT2D eigenvalue weighted by Gasteiger charge is 2.44. The minimum Gasteiger partial charge on any atom is -0.367 e. The Morgan fingerprint density at radius 3 is 3.12 bits per heavy atom. The van der Waals surface area contributed by atoms with Gasteiger partial charge in [-0.1, -0.05) is 24.3 Å². The van der Waals surface area contributed by atoms with E-state index in [1.807, 2.05) is 21.7 Å². The van der Waals surface area contributed by atoms with Crippen LogP contribution < -0.4 is 0 Å². The van der Waals surface area contributed by atoms with Gasteiger partial charge in [0.25, 0.3) is 5.91 Å². The van der Waals surface area contributed by atoms with Crippen LogP contribution in [-0.4, -0.2) is 40.7 Å². The van der Waals surface area contributed by atoms with Crippen molar-refractivity contribution in [1.29, 1.82) is 0 Å². The van der Waals surface area contributed by atoms with E-state index in [1.54, 1.807) is 17.5 Å². The quantitative estimate of drug-likeness (QED) is 0.757. The average Bonchev–Trinajstić information content (AvgIpc) is 3.42. The van der Waals surface area contributed by atoms with Gasteiger partial charge in [0.15, 0.2) is 0 Å². The van der Waals surface area contributed by atoms with Gasteiger partial charge in [0.2, 0.25) is 0 Å². The molecule has 5 nitrogen and oxygen atoms in total. The molecular formula is C20H19N3O2S. The van der Waals surface area contributed by atoms with Crippen molar-refractivity contribution < 1.29 is 9.53 Å². The van der Waals surface area contributed by atoms with Gasteiger partial charge in [0.1, 0.15) is 5.60 Å². The van der Waals surface area contributed by atoms with Crippen LogP contribution >= 0.6 is 11.3 Å². The van der Waals surface area contributed by atoms with Gasteiger partial charge in [-0.25, -0.2) is 0 Å². The van der Waals surface area contributed by atoms with E-state index in [-0.39, 0.29) is 11.5 Å². The molecule has 0 radical (unpaired) electrons. The van der Waals surface area contributed by atoms with Gasteiger partial charge >= 0.3 is 0 Å². The van der Waals surface area contributed by atoms with Crippen molar-refractivity contribution in [2.45, 2.75) is 18.4 Å². The number of aryl methyl sites for hydroxylation is 1. The number of hydrogen-bond acceptors (Lipinski definition) is 4. The van der Waals surface area contributed by atoms with Crippen molar-refractivity contribution in [3.8, 4) is 11.3 Å². The number of nitrogens with zero attached hydrogens (tertiary/aromatic N) is 2. The Morgan fingerprint density at radius 2 is 2.23 bits per heavy atom. The third kappa shape index (κ3) is 2.40. The molecule has 1 aliphatic heterocycles. The number of morpholine rings is 1. The number of benzene rings is 1. The lowest BCUT2D eigenvalue weighted by Gasteiger charge is -2.41. The zero-order chi connectivity index (χ0) is 17.6. The van der Waals surface area contributed by atoms with Crippen LogP contribution in [0.2, 0.25) is 0 Å². The first-order valence-electron chi connectivity index (χ1n) is 8.84. The maximum Gasteiger partial charge on any atom is 0.257 e. The number of fused-ring (bicyclic) bond motifs is 2. The summed E-state index contributed by atoms with van der Waals surface area (Å²) in [5.41, 5.74) is 4.64. The van der Waals surface area contributed by atoms with Crippen molar-refractivity contribution in [1.82, 2.24) is 15.1 Å². The van der Waals surface area contributed by atoms with E-state index < -0.39 is 0 Å². The number of carbonyl (C=O) groups excluding carboxylic acids is 1. The van der Waals surface area contributed by atoms with Gasteiger partial charge in [-0.3, -0.25) is 9.89 Å². The number of thiophene rings is 1. The molecule has 1 fully saturated rings. The molecule has 26 heavy (non-hydrogen) atoms. The molecule has 1 spiro atoms. The number of H-pyrrole nitrogens is 1. The van der Waals surface area contributed by atoms with E-state index in [0.717, 1.165) is 24.1 Å². The fraction of sp³-hybridized carbons (Fsp3) is 0.300. The Kier molecular flexibility index (Phi) is 3.69. The fourth-order valence-electron chi connectivity index (χ4n) is 4.17. The third-order valence-electron chi connectivity index (χ3n) is 5.46. The number of ether oxygens (including phenoxy) is 1. The second kappa shape index (κ2) is 6.07. The summed E-state index contributed by atoms with van der Waals surface area (Å²) in [5.74, 6) is 0.0204. The molecule has 1 N–H and O–H groups in total. The summed E-state index contributed by atoms with van der Waals surface area (Å²) < 4.78 is 6.24. The van der Waals surface area contributed by atoms with E-state index in [2.05, 4.69) is 34.5 Å². The first-order valence-corrected chi connectivity index (χ1v) is 9.79. The highest BCUT2D eigenvalue weighted by atomic mass is 32.1. The largest absolute Gasteiger partial charge is 0.367 e. The Bertz CT molecular complexity index is 946. The summed E-state index contributed by atoms with van der Waals surface area (Å²) in [7, 11) is 0. The number of aromatic amines is 1. The molecule has 1 atom stereocenters. The minimum atomic E-state index is -0.364. The predicted molar refractivity (Wildman–Crippen MR) is 100 cm³/mol. The second-order valence-electron chi connectivity index (χ2n) is 6.90. The topological polar surface area (TPSA) is 58.2 Å². The monoisotopic (exact) mass is 365 g/mol. The van der Waals surface area contributed by atoms with Gasteiger partial charge in [0.05, 0.1) is 30.6 Å². The van der Waals surface area contributed by atoms with Gasteiger partial charge in [-0.05, 0) is 35.4 Å². The predicted octanol–water partition coefficient (Wildman–Crippen LogP) is 3.45. The van der Waals surface area contributed by atoms with Crippen LogP contribution in [-0.2, 0) is 16.8 Å². The molecular weight excluding hydrogens is 346 g/mol. The molecule has 6 heteroatoms. The molecule has 0 saturated carbocycles. The van der Waals surface area contributed by atoms with Crippen molar-refractivity contribution in [3.63, 3.8) is 0 Å². The van der Waals surface area contributed by atoms with Gasteiger partial charge in [-0.15, -0.1) is 0 Å². The summed E-state index contributed by atoms with van der Waals surface area (Å²) in [6.45, 7) is 1.76. The maximum atomic E-state index is 13.2. The van der Waals surface area contributed by atoms with Crippen LogP contribution in [0.5, 0.6) is 0 Å². The summed E-state index contributed by atoms with van der Waals surface area (Å²) in [6.07, 6.45) is 3.57. The minimum absolute atomic E-state index is 0.0204. The van der Waals surface area contributed by atoms with E-state index in [4.69, 9.17) is 4.74 Å². The number of aromatic nitrogens is 2. The second-order valence-corrected chi connectivity index (χ2v) is 7.68. The van der Waals surface area contributed by atoms with Gasteiger partial charge < -0.3 is 9.64 Å². The van der Waals surface area contributed by atoms with Crippen molar-refractivity contribution >= 4 is 17.2 Å². The van der Waals surface area contributed by atoms with E-state index in [9.17, 15) is 4.79 Å². The van der Waals surface area contributed by atoms with Crippen LogP contribution in [0, 0.1) is 0 Å². The SMILES string of the molecule is O=C(c1cn[nH]c1-c1ccsc1)N1CCOC2(CCc3ccccc32)C1. The lowest BCUT2D eigenvalue weighted by Crippen LogP contribution is -2.51. The number of rotatable bonds is 2. The van der Waals surface area contributed by atoms with Crippen LogP contribution in [0.25, 0.3) is 11.3 Å². The fourth-order valence-corrected chi connectivity index (χ4v) is 4.82. The molecule has 2 aromatic heterocycles. The highest BCUT2D eigenvalue weighted by Crippen LogP contribution is 2.42. The average molecular weight is 365 g/mol. The van der Waals surface area contributed by atoms with Gasteiger partial charge in [0, 0.05) is 17.5 Å². The van der Waals surface area contributed by atoms with E-state index in [0.29, 0.717) is 25.3 Å². The van der Waals surface area contributed by atoms with Crippen molar-refractivity contribution in [3.05, 3.63) is 64.0 Å². The lowest BCUT2D eigenvalue weighted by molar-refractivity contribution is -0.103. The number of carbonyl (C=O) groups is 1. The van der Waals surface area contributed by atoms with Crippen LogP contribution in [0.4, 0.5) is 0 Å². The first-order chi connectivity index (χ1) is 12.8. The molecule has 3 heterocycles. The molecule has 1 amide bonds. The Hall–Kier alpha value is -2.44. The van der Waals surface area contributed by atoms with Crippen molar-refractivity contribution in [2.24, 2.45) is 0 Å². The standard InChI is InChI=1S/C20H19N3O2S/c24-19(16-11-21-22-18(16)15-6-10-26-12-15)23-8-9-25-20(13-23)7-5-14-3-1-2-4-17(14)20/h1-4,6,10-12H,5,7-9,13H2,(H,21,22). The molecule has 0 bridgehead atoms. The third-order valence-corrected chi connectivity index (χ3v) is 6.14. The Balaban J connectivity index is 1.45. The number of hydrogen-bond donors (Lipinski definition) is 1. The Morgan fingerprint density at radius 1 is 1.31 bits per heavy atom. The number of nitrogens with one attached hydrogen (secondary N) is 1. The molecule has 1 saturated heterocycles. The summed E-state index contributed by atoms with van der Waals surface area (Å²) in [4.78, 5) is 15.2. The molecule has 1 unspecified atom stereocenters. The normalized spacial score (nSPS) is 21.9. The molecule has 132 valence electrons. The maximum absolute atomic E-state index is 13.2. The molecule has 2 aliphatic rings. The van der Waals surface area contributed by atoms with E-state index >= 15 is 0 Å². The van der Waals surface area contributed by atoms with Crippen molar-refractivity contribution in [2.75, 3.05) is 19.7 Å². The Labute approximate surface area is 155 Å². The molecule has 1 aromatic carbocycles. The molecule has 5 rings (SSSR count). The summed E-state index contributed by atoms with van der Waals surface area (Å²) >= 11 is 1.61. The smallest absolute Gasteiger partial charge is 0.257 e. The molecule has 3 aromatic rings. The number of amides is 1. The summed E-state index contributed by atoms with van der Waals surface area (Å²) in [6, 6.07) is 10.4. The van der Waals surface area contributed by atoms with Gasteiger partial charge in [-0.2, -0.15) is 16.4 Å². The highest BCUT2D eigenvalue weighted by molar-refractivity contribution is 7.08. The van der Waals surface area contributed by atoms with Crippen LogP contribution in [0.3, 0.4) is 0 Å². The van der Waals surface area contributed by atoms with Crippen LogP contribution in [0.15, 0.2) is 47.3 Å². The van der Waals surface area contributed by atoms with Crippen LogP contribution in [0.1, 0.15) is 27.9 Å². The first kappa shape index (κ1) is 15.8. The zero-order valence-corrected chi connectivity index (χ0v) is 15.1. The summed E-state index contributed by atoms with van der Waals surface area (Å²) in [5, 5.41) is 11.1.